The summed E-state index contributed by atoms with van der Waals surface area (Å²) in [6, 6.07) is 6.11. The molecule has 180 valence electrons. The number of imidazole rings is 1. The Morgan fingerprint density at radius 3 is 2.79 bits per heavy atom. The van der Waals surface area contributed by atoms with Gasteiger partial charge in [-0.3, -0.25) is 14.8 Å². The lowest BCUT2D eigenvalue weighted by molar-refractivity contribution is -0.112. The molecule has 1 aliphatic heterocycles. The average molecular weight is 469 g/mol. The Balaban J connectivity index is 1.56. The van der Waals surface area contributed by atoms with E-state index in [-0.39, 0.29) is 17.3 Å². The molecule has 7 N–H and O–H groups in total. The number of nitrogens with two attached hydrogens (primary N) is 2. The van der Waals surface area contributed by atoms with Crippen LogP contribution in [0.5, 0.6) is 0 Å². The molecule has 1 aliphatic rings. The number of nitrogens with one attached hydrogen (secondary N) is 3. The molecule has 12 heteroatoms. The van der Waals surface area contributed by atoms with Gasteiger partial charge in [0, 0.05) is 25.7 Å². The summed E-state index contributed by atoms with van der Waals surface area (Å²) >= 11 is 0. The number of benzene rings is 1. The highest BCUT2D eigenvalue weighted by molar-refractivity contribution is 6.07. The van der Waals surface area contributed by atoms with Gasteiger partial charge >= 0.3 is 0 Å². The van der Waals surface area contributed by atoms with Gasteiger partial charge in [0.1, 0.15) is 11.3 Å². The van der Waals surface area contributed by atoms with Gasteiger partial charge in [-0.15, -0.1) is 0 Å². The number of morpholine rings is 1. The lowest BCUT2D eigenvalue weighted by Gasteiger charge is -2.26. The first-order chi connectivity index (χ1) is 16.5. The Kier molecular flexibility index (Phi) is 6.99. The zero-order valence-corrected chi connectivity index (χ0v) is 19.1. The van der Waals surface area contributed by atoms with E-state index in [1.165, 1.54) is 32.1 Å². The van der Waals surface area contributed by atoms with Crippen molar-refractivity contribution < 1.29 is 19.0 Å². The van der Waals surface area contributed by atoms with Crippen LogP contribution in [-0.2, 0) is 25.5 Å². The molecule has 12 nitrogen and oxygen atoms in total. The van der Waals surface area contributed by atoms with Crippen molar-refractivity contribution in [3.63, 3.8) is 0 Å². The van der Waals surface area contributed by atoms with Crippen LogP contribution in [0.1, 0.15) is 5.56 Å². The SMILES string of the molecule is CO/C(N)=C(/C=C(\N)OC)C(=O)Nc1cn[nH]c1-c1nc2ccc(CN3CCOCC3)cc2[nH]1. The van der Waals surface area contributed by atoms with E-state index in [1.54, 1.807) is 0 Å². The average Bonchev–Trinajstić information content (AvgIpc) is 3.48. The predicted molar refractivity (Wildman–Crippen MR) is 126 cm³/mol. The van der Waals surface area contributed by atoms with Gasteiger partial charge in [-0.1, -0.05) is 6.07 Å². The van der Waals surface area contributed by atoms with Crippen LogP contribution >= 0.6 is 0 Å². The third-order valence-corrected chi connectivity index (χ3v) is 5.43. The molecule has 34 heavy (non-hydrogen) atoms. The second-order valence-corrected chi connectivity index (χ2v) is 7.67. The Morgan fingerprint density at radius 2 is 2.06 bits per heavy atom. The predicted octanol–water partition coefficient (Wildman–Crippen LogP) is 0.987. The number of H-pyrrole nitrogens is 2. The molecule has 0 saturated carbocycles. The number of hydrogen-bond donors (Lipinski definition) is 5. The number of hydrogen-bond acceptors (Lipinski definition) is 9. The summed E-state index contributed by atoms with van der Waals surface area (Å²) in [6.07, 6.45) is 2.76. The zero-order valence-electron chi connectivity index (χ0n) is 19.1. The summed E-state index contributed by atoms with van der Waals surface area (Å²) < 4.78 is 15.3. The number of rotatable bonds is 8. The summed E-state index contributed by atoms with van der Waals surface area (Å²) in [5.74, 6) is -0.128. The van der Waals surface area contributed by atoms with Gasteiger partial charge in [-0.2, -0.15) is 5.10 Å². The quantitative estimate of drug-likeness (QED) is 0.184. The fourth-order valence-electron chi connectivity index (χ4n) is 3.60. The highest BCUT2D eigenvalue weighted by Crippen LogP contribution is 2.26. The number of carbonyl (C=O) groups is 1. The number of ether oxygens (including phenoxy) is 3. The minimum atomic E-state index is -0.550. The molecule has 1 amide bonds. The van der Waals surface area contributed by atoms with Crippen molar-refractivity contribution in [3.8, 4) is 11.5 Å². The molecule has 0 radical (unpaired) electrons. The summed E-state index contributed by atoms with van der Waals surface area (Å²) in [6.45, 7) is 4.18. The van der Waals surface area contributed by atoms with Gasteiger partial charge in [0.15, 0.2) is 17.6 Å². The molecule has 1 saturated heterocycles. The second kappa shape index (κ2) is 10.3. The van der Waals surface area contributed by atoms with Crippen molar-refractivity contribution >= 4 is 22.6 Å². The first kappa shape index (κ1) is 23.1. The Bertz CT molecular complexity index is 1220. The number of aromatic nitrogens is 4. The zero-order chi connectivity index (χ0) is 24.1. The Labute approximate surface area is 195 Å². The minimum Gasteiger partial charge on any atom is -0.483 e. The summed E-state index contributed by atoms with van der Waals surface area (Å²) in [5.41, 5.74) is 15.3. The number of carbonyl (C=O) groups excluding carboxylic acids is 1. The van der Waals surface area contributed by atoms with Crippen LogP contribution in [0.2, 0.25) is 0 Å². The lowest BCUT2D eigenvalue weighted by atomic mass is 10.2. The van der Waals surface area contributed by atoms with Gasteiger partial charge in [0.2, 0.25) is 0 Å². The van der Waals surface area contributed by atoms with Crippen molar-refractivity contribution in [1.82, 2.24) is 25.1 Å². The normalized spacial score (nSPS) is 15.8. The number of fused-ring (bicyclic) bond motifs is 1. The van der Waals surface area contributed by atoms with Gasteiger partial charge in [-0.05, 0) is 17.7 Å². The number of nitrogens with zero attached hydrogens (tertiary/aromatic N) is 3. The molecule has 3 aromatic rings. The van der Waals surface area contributed by atoms with Crippen LogP contribution in [0, 0.1) is 0 Å². The maximum atomic E-state index is 12.9. The Hall–Kier alpha value is -4.03. The number of methoxy groups -OCH3 is 2. The molecule has 1 aromatic carbocycles. The van der Waals surface area contributed by atoms with Crippen molar-refractivity contribution in [1.29, 1.82) is 0 Å². The third-order valence-electron chi connectivity index (χ3n) is 5.43. The van der Waals surface area contributed by atoms with E-state index in [9.17, 15) is 4.79 Å². The number of anilines is 1. The van der Waals surface area contributed by atoms with Crippen LogP contribution in [0.3, 0.4) is 0 Å². The first-order valence-electron chi connectivity index (χ1n) is 10.7. The maximum absolute atomic E-state index is 12.9. The van der Waals surface area contributed by atoms with Crippen molar-refractivity contribution in [2.24, 2.45) is 11.5 Å². The third kappa shape index (κ3) is 5.13. The molecule has 0 aliphatic carbocycles. The molecule has 0 spiro atoms. The highest BCUT2D eigenvalue weighted by atomic mass is 16.5. The second-order valence-electron chi connectivity index (χ2n) is 7.67. The highest BCUT2D eigenvalue weighted by Gasteiger charge is 2.19. The monoisotopic (exact) mass is 468 g/mol. The van der Waals surface area contributed by atoms with Crippen molar-refractivity contribution in [2.45, 2.75) is 6.54 Å². The maximum Gasteiger partial charge on any atom is 0.261 e. The first-order valence-corrected chi connectivity index (χ1v) is 10.7. The fraction of sp³-hybridized carbons (Fsp3) is 0.318. The van der Waals surface area contributed by atoms with E-state index in [1.807, 2.05) is 6.07 Å². The van der Waals surface area contributed by atoms with E-state index in [2.05, 4.69) is 42.5 Å². The van der Waals surface area contributed by atoms with Crippen molar-refractivity contribution in [2.75, 3.05) is 45.8 Å². The van der Waals surface area contributed by atoms with Crippen molar-refractivity contribution in [3.05, 3.63) is 53.4 Å². The summed E-state index contributed by atoms with van der Waals surface area (Å²) in [5, 5.41) is 9.69. The fourth-order valence-corrected chi connectivity index (χ4v) is 3.60. The summed E-state index contributed by atoms with van der Waals surface area (Å²) in [4.78, 5) is 23.2. The largest absolute Gasteiger partial charge is 0.483 e. The topological polar surface area (TPSA) is 169 Å². The van der Waals surface area contributed by atoms with Crippen LogP contribution in [0.15, 0.2) is 47.8 Å². The van der Waals surface area contributed by atoms with E-state index in [0.29, 0.717) is 17.2 Å². The van der Waals surface area contributed by atoms with Crippen LogP contribution in [0.4, 0.5) is 5.69 Å². The van der Waals surface area contributed by atoms with Crippen LogP contribution < -0.4 is 16.8 Å². The standard InChI is InChI=1S/C22H28N8O4/c1-32-18(23)10-14(20(24)33-2)22(31)28-17-11-25-29-19(17)21-26-15-4-3-13(9-16(15)27-21)12-30-5-7-34-8-6-30/h3-4,9-11H,5-8,12,23-24H2,1-2H3,(H,25,29)(H,26,27)(H,28,31)/b18-10+,20-14-. The van der Waals surface area contributed by atoms with Gasteiger partial charge in [0.25, 0.3) is 5.91 Å². The molecule has 1 fully saturated rings. The minimum absolute atomic E-state index is 0.00253. The Morgan fingerprint density at radius 1 is 1.26 bits per heavy atom. The van der Waals surface area contributed by atoms with Gasteiger partial charge in [-0.25, -0.2) is 4.98 Å². The molecular weight excluding hydrogens is 440 g/mol. The lowest BCUT2D eigenvalue weighted by Crippen LogP contribution is -2.35. The van der Waals surface area contributed by atoms with Crippen LogP contribution in [0.25, 0.3) is 22.6 Å². The van der Waals surface area contributed by atoms with Gasteiger partial charge < -0.3 is 36.0 Å². The van der Waals surface area contributed by atoms with Gasteiger partial charge in [0.05, 0.1) is 50.4 Å². The molecule has 0 bridgehead atoms. The number of amides is 1. The van der Waals surface area contributed by atoms with Crippen LogP contribution in [-0.4, -0.2) is 71.5 Å². The molecule has 3 heterocycles. The molecule has 2 aromatic heterocycles. The smallest absolute Gasteiger partial charge is 0.261 e. The molecule has 0 unspecified atom stereocenters. The van der Waals surface area contributed by atoms with E-state index in [0.717, 1.165) is 43.9 Å². The van der Waals surface area contributed by atoms with E-state index in [4.69, 9.17) is 25.7 Å². The molecular formula is C22H28N8O4. The molecule has 0 atom stereocenters. The van der Waals surface area contributed by atoms with E-state index < -0.39 is 5.91 Å². The molecule has 4 rings (SSSR count). The van der Waals surface area contributed by atoms with E-state index >= 15 is 0 Å². The number of aromatic amines is 2. The summed E-state index contributed by atoms with van der Waals surface area (Å²) in [7, 11) is 2.73.